The quantitative estimate of drug-likeness (QED) is 0.577. The number of hydrogen-bond donors (Lipinski definition) is 1. The van der Waals surface area contributed by atoms with Crippen molar-refractivity contribution in [3.8, 4) is 0 Å². The molecule has 1 N–H and O–H groups in total. The average Bonchev–Trinajstić information content (AvgIpc) is 3.23. The Kier molecular flexibility index (Phi) is 5.74. The van der Waals surface area contributed by atoms with Crippen molar-refractivity contribution in [2.24, 2.45) is 0 Å². The van der Waals surface area contributed by atoms with E-state index in [1.165, 1.54) is 0 Å². The molecule has 4 rings (SSSR count). The first kappa shape index (κ1) is 21.6. The van der Waals surface area contributed by atoms with Gasteiger partial charge in [-0.3, -0.25) is 13.8 Å². The number of carbonyl (C=O) groups excluding carboxylic acids is 1. The van der Waals surface area contributed by atoms with Gasteiger partial charge in [0.1, 0.15) is 6.61 Å². The molecule has 0 spiro atoms. The first-order valence-electron chi connectivity index (χ1n) is 9.91. The lowest BCUT2D eigenvalue weighted by Gasteiger charge is -2.43. The van der Waals surface area contributed by atoms with Gasteiger partial charge >= 0.3 is 21.1 Å². The van der Waals surface area contributed by atoms with Gasteiger partial charge in [-0.05, 0) is 35.7 Å². The summed E-state index contributed by atoms with van der Waals surface area (Å²) in [4.78, 5) is 28.2. The topological polar surface area (TPSA) is 126 Å². The molecule has 32 heavy (non-hydrogen) atoms. The molecule has 2 atom stereocenters. The van der Waals surface area contributed by atoms with Crippen molar-refractivity contribution in [2.75, 3.05) is 16.3 Å². The van der Waals surface area contributed by atoms with E-state index in [-0.39, 0.29) is 12.6 Å². The van der Waals surface area contributed by atoms with E-state index in [4.69, 9.17) is 4.74 Å². The number of H-pyrrole nitrogens is 1. The third-order valence-corrected chi connectivity index (χ3v) is 7.10. The first-order valence-corrected chi connectivity index (χ1v) is 11.3. The summed E-state index contributed by atoms with van der Waals surface area (Å²) in [5, 5.41) is 2.36. The van der Waals surface area contributed by atoms with Crippen LogP contribution in [0.25, 0.3) is 0 Å². The number of nitrogens with one attached hydrogen (secondary N) is 1. The monoisotopic (exact) mass is 458 g/mol. The number of hydrogen-bond acceptors (Lipinski definition) is 8. The lowest BCUT2D eigenvalue weighted by atomic mass is 9.93. The summed E-state index contributed by atoms with van der Waals surface area (Å²) in [6.07, 6.45) is 0.466. The molecule has 1 aromatic heterocycles. The maximum atomic E-state index is 13.3. The lowest BCUT2D eigenvalue weighted by Crippen LogP contribution is -2.57. The second-order valence-corrected chi connectivity index (χ2v) is 9.17. The van der Waals surface area contributed by atoms with Crippen LogP contribution in [0.5, 0.6) is 0 Å². The highest BCUT2D eigenvalue weighted by Crippen LogP contribution is 2.36. The minimum atomic E-state index is -4.51. The Morgan fingerprint density at radius 1 is 1.22 bits per heavy atom. The van der Waals surface area contributed by atoms with E-state index >= 15 is 0 Å². The highest BCUT2D eigenvalue weighted by atomic mass is 32.2. The number of para-hydroxylation sites is 1. The number of fused-ring (bicyclic) bond motifs is 1. The van der Waals surface area contributed by atoms with Gasteiger partial charge in [0.05, 0.1) is 17.8 Å². The highest BCUT2D eigenvalue weighted by Gasteiger charge is 2.44. The molecule has 0 amide bonds. The maximum absolute atomic E-state index is 13.3. The first-order chi connectivity index (χ1) is 15.3. The molecule has 1 aliphatic heterocycles. The van der Waals surface area contributed by atoms with E-state index in [2.05, 4.69) is 14.7 Å². The predicted octanol–water partition coefficient (Wildman–Crippen LogP) is 2.29. The number of aromatic amines is 1. The Bertz CT molecular complexity index is 1270. The van der Waals surface area contributed by atoms with Crippen molar-refractivity contribution in [1.82, 2.24) is 10.1 Å². The third kappa shape index (κ3) is 3.98. The zero-order valence-corrected chi connectivity index (χ0v) is 18.3. The summed E-state index contributed by atoms with van der Waals surface area (Å²) < 4.78 is 37.5. The summed E-state index contributed by atoms with van der Waals surface area (Å²) in [5.74, 6) is -0.556. The third-order valence-electron chi connectivity index (χ3n) is 5.51. The van der Waals surface area contributed by atoms with Crippen LogP contribution in [0.3, 0.4) is 0 Å². The number of ether oxygens (including phenoxy) is 1. The van der Waals surface area contributed by atoms with Crippen LogP contribution in [0.2, 0.25) is 0 Å². The van der Waals surface area contributed by atoms with Crippen LogP contribution < -0.4 is 15.0 Å². The van der Waals surface area contributed by atoms with Crippen LogP contribution in [0.1, 0.15) is 18.1 Å². The van der Waals surface area contributed by atoms with Crippen LogP contribution in [-0.2, 0) is 27.8 Å². The number of likely N-dealkylation sites (N-methyl/N-ethyl adjacent to an activating group) is 1. The Morgan fingerprint density at radius 2 is 1.91 bits per heavy atom. The smallest absolute Gasteiger partial charge is 0.445 e. The molecule has 0 bridgehead atoms. The molecule has 0 aliphatic carbocycles. The van der Waals surface area contributed by atoms with E-state index in [1.807, 2.05) is 6.07 Å². The molecular weight excluding hydrogens is 436 g/mol. The minimum Gasteiger partial charge on any atom is -0.448 e. The van der Waals surface area contributed by atoms with Crippen LogP contribution in [-0.4, -0.2) is 43.0 Å². The Balaban J connectivity index is 1.65. The molecular formula is C21H22N4O6S. The van der Waals surface area contributed by atoms with Crippen molar-refractivity contribution in [2.45, 2.75) is 32.0 Å². The number of nitrogens with zero attached hydrogens (tertiary/aromatic N) is 3. The summed E-state index contributed by atoms with van der Waals surface area (Å²) in [5.41, 5.74) is 1.82. The zero-order valence-electron chi connectivity index (χ0n) is 17.5. The predicted molar refractivity (Wildman–Crippen MR) is 117 cm³/mol. The Hall–Kier alpha value is -3.60. The van der Waals surface area contributed by atoms with Crippen LogP contribution in [0.4, 0.5) is 16.4 Å². The molecule has 1 aliphatic rings. The number of anilines is 2. The van der Waals surface area contributed by atoms with Gasteiger partial charge in [0.2, 0.25) is 5.95 Å². The summed E-state index contributed by atoms with van der Waals surface area (Å²) in [7, 11) is -2.84. The molecule has 11 heteroatoms. The van der Waals surface area contributed by atoms with Gasteiger partial charge in [0, 0.05) is 7.05 Å². The van der Waals surface area contributed by atoms with Gasteiger partial charge in [0.25, 0.3) is 0 Å². The van der Waals surface area contributed by atoms with Gasteiger partial charge in [-0.25, -0.2) is 9.59 Å². The molecule has 3 aromatic rings. The van der Waals surface area contributed by atoms with E-state index < -0.39 is 33.2 Å². The van der Waals surface area contributed by atoms with Gasteiger partial charge in [0.15, 0.2) is 0 Å². The number of rotatable bonds is 5. The fourth-order valence-electron chi connectivity index (χ4n) is 3.88. The molecule has 168 valence electrons. The summed E-state index contributed by atoms with van der Waals surface area (Å²) in [6.45, 7) is 1.53. The molecule has 0 unspecified atom stereocenters. The minimum absolute atomic E-state index is 0.160. The lowest BCUT2D eigenvalue weighted by molar-refractivity contribution is 0.165. The van der Waals surface area contributed by atoms with Crippen LogP contribution in [0.15, 0.2) is 63.9 Å². The SMILES string of the molecule is C[C@@H]1[C@H](N(C)c2noc(=O)[nH]2)Cc2ccccc2N1S(=O)(=O)C(=O)OCc1ccccc1. The number of carbonyl (C=O) groups is 1. The Labute approximate surface area is 184 Å². The number of aromatic nitrogens is 2. The summed E-state index contributed by atoms with van der Waals surface area (Å²) in [6, 6.07) is 14.7. The fraction of sp³-hybridized carbons (Fsp3) is 0.286. The van der Waals surface area contributed by atoms with E-state index in [1.54, 1.807) is 67.4 Å². The van der Waals surface area contributed by atoms with Gasteiger partial charge in [-0.2, -0.15) is 8.42 Å². The fourth-order valence-corrected chi connectivity index (χ4v) is 5.27. The van der Waals surface area contributed by atoms with Crippen molar-refractivity contribution < 1.29 is 22.5 Å². The standard InChI is InChI=1S/C21H22N4O6S/c1-14-18(24(2)19-22-20(26)31-23-19)12-16-10-6-7-11-17(16)25(14)32(28,29)21(27)30-13-15-8-4-3-5-9-15/h3-11,14,18H,12-13H2,1-2H3,(H,22,23,26)/t14-,18-/m1/s1. The van der Waals surface area contributed by atoms with E-state index in [9.17, 15) is 18.0 Å². The zero-order chi connectivity index (χ0) is 22.9. The summed E-state index contributed by atoms with van der Waals surface area (Å²) >= 11 is 0. The van der Waals surface area contributed by atoms with Crippen molar-refractivity contribution in [3.63, 3.8) is 0 Å². The van der Waals surface area contributed by atoms with Crippen LogP contribution >= 0.6 is 0 Å². The van der Waals surface area contributed by atoms with Crippen molar-refractivity contribution in [3.05, 3.63) is 76.3 Å². The molecule has 0 radical (unpaired) electrons. The van der Waals surface area contributed by atoms with Gasteiger partial charge < -0.3 is 9.64 Å². The molecule has 10 nitrogen and oxygen atoms in total. The molecule has 2 aromatic carbocycles. The van der Waals surface area contributed by atoms with Crippen LogP contribution in [0, 0.1) is 0 Å². The molecule has 0 saturated heterocycles. The second kappa shape index (κ2) is 8.50. The van der Waals surface area contributed by atoms with Gasteiger partial charge in [-0.1, -0.05) is 48.5 Å². The normalized spacial score (nSPS) is 18.1. The molecule has 2 heterocycles. The number of benzene rings is 2. The second-order valence-electron chi connectivity index (χ2n) is 7.50. The van der Waals surface area contributed by atoms with Crippen molar-refractivity contribution in [1.29, 1.82) is 0 Å². The largest absolute Gasteiger partial charge is 0.448 e. The average molecular weight is 458 g/mol. The van der Waals surface area contributed by atoms with Crippen molar-refractivity contribution >= 4 is 27.0 Å². The van der Waals surface area contributed by atoms with E-state index in [0.29, 0.717) is 17.7 Å². The molecule has 0 fully saturated rings. The highest BCUT2D eigenvalue weighted by molar-refractivity contribution is 8.06. The molecule has 0 saturated carbocycles. The number of sulfonamides is 1. The Morgan fingerprint density at radius 3 is 2.59 bits per heavy atom. The van der Waals surface area contributed by atoms with E-state index in [0.717, 1.165) is 9.87 Å². The maximum Gasteiger partial charge on any atom is 0.445 e. The van der Waals surface area contributed by atoms with Gasteiger partial charge in [-0.15, -0.1) is 0 Å².